The Kier molecular flexibility index (Phi) is 7.51. The minimum absolute atomic E-state index is 0.000637. The largest absolute Gasteiger partial charge is 0.486 e. The predicted octanol–water partition coefficient (Wildman–Crippen LogP) is 5.26. The van der Waals surface area contributed by atoms with Gasteiger partial charge in [0, 0.05) is 5.75 Å². The fourth-order valence-electron chi connectivity index (χ4n) is 2.39. The number of hydrogen-bond donors (Lipinski definition) is 1. The van der Waals surface area contributed by atoms with E-state index in [-0.39, 0.29) is 12.4 Å². The summed E-state index contributed by atoms with van der Waals surface area (Å²) >= 11 is 1.39. The van der Waals surface area contributed by atoms with Crippen molar-refractivity contribution < 1.29 is 17.9 Å². The lowest BCUT2D eigenvalue weighted by molar-refractivity contribution is 0.281. The fraction of sp³-hybridized carbons (Fsp3) is 0.0909. The molecule has 0 aliphatic carbocycles. The van der Waals surface area contributed by atoms with E-state index < -0.39 is 17.5 Å². The van der Waals surface area contributed by atoms with E-state index in [0.717, 1.165) is 28.8 Å². The summed E-state index contributed by atoms with van der Waals surface area (Å²) in [4.78, 5) is 0. The predicted molar refractivity (Wildman–Crippen MR) is 114 cm³/mol. The van der Waals surface area contributed by atoms with Crippen LogP contribution in [0.2, 0.25) is 0 Å². The molecule has 0 atom stereocenters. The second-order valence-corrected chi connectivity index (χ2v) is 7.16. The van der Waals surface area contributed by atoms with E-state index >= 15 is 0 Å². The van der Waals surface area contributed by atoms with Gasteiger partial charge in [0.05, 0.1) is 6.21 Å². The fourth-order valence-corrected chi connectivity index (χ4v) is 3.01. The van der Waals surface area contributed by atoms with Gasteiger partial charge in [-0.3, -0.25) is 0 Å². The smallest absolute Gasteiger partial charge is 0.203 e. The number of nitrogens with zero attached hydrogens (tertiary/aromatic N) is 2. The molecule has 0 unspecified atom stereocenters. The van der Waals surface area contributed by atoms with E-state index in [9.17, 15) is 13.2 Å². The van der Waals surface area contributed by atoms with Crippen LogP contribution >= 0.6 is 11.8 Å². The highest BCUT2D eigenvalue weighted by atomic mass is 32.2. The van der Waals surface area contributed by atoms with Crippen LogP contribution in [0.1, 0.15) is 16.7 Å². The van der Waals surface area contributed by atoms with Gasteiger partial charge in [-0.15, -0.1) is 5.10 Å². The van der Waals surface area contributed by atoms with Gasteiger partial charge in [0.25, 0.3) is 0 Å². The van der Waals surface area contributed by atoms with Crippen molar-refractivity contribution >= 4 is 23.1 Å². The molecule has 0 aliphatic heterocycles. The first kappa shape index (κ1) is 21.4. The third-order valence-electron chi connectivity index (χ3n) is 3.97. The van der Waals surface area contributed by atoms with Crippen LogP contribution in [0.4, 0.5) is 13.2 Å². The summed E-state index contributed by atoms with van der Waals surface area (Å²) in [6.45, 7) is 0.000637. The third-order valence-corrected chi connectivity index (χ3v) is 4.82. The zero-order valence-corrected chi connectivity index (χ0v) is 16.6. The molecule has 30 heavy (non-hydrogen) atoms. The van der Waals surface area contributed by atoms with E-state index in [4.69, 9.17) is 10.5 Å². The summed E-state index contributed by atoms with van der Waals surface area (Å²) in [5, 5.41) is 8.27. The standard InChI is InChI=1S/C22H18F3N3OS/c23-18-10-11-19(21(25)20(18)24)29-13-16-8-6-15(7-9-16)12-27-28-22(26)30-14-17-4-2-1-3-5-17/h1-12H,13-14H2,(H2,26,28). The van der Waals surface area contributed by atoms with Crippen molar-refractivity contribution in [3.63, 3.8) is 0 Å². The average Bonchev–Trinajstić information content (AvgIpc) is 2.77. The maximum atomic E-state index is 13.6. The van der Waals surface area contributed by atoms with E-state index in [1.165, 1.54) is 11.8 Å². The van der Waals surface area contributed by atoms with Crippen LogP contribution in [0.3, 0.4) is 0 Å². The molecular weight excluding hydrogens is 411 g/mol. The molecule has 0 aliphatic rings. The molecule has 0 amide bonds. The molecular formula is C22H18F3N3OS. The summed E-state index contributed by atoms with van der Waals surface area (Å²) in [7, 11) is 0. The molecule has 3 rings (SSSR count). The van der Waals surface area contributed by atoms with Crippen LogP contribution in [-0.4, -0.2) is 11.4 Å². The van der Waals surface area contributed by atoms with Gasteiger partial charge >= 0.3 is 0 Å². The van der Waals surface area contributed by atoms with E-state index in [1.807, 2.05) is 30.3 Å². The van der Waals surface area contributed by atoms with Gasteiger partial charge in [-0.05, 0) is 28.8 Å². The Bertz CT molecular complexity index is 1040. The molecule has 0 saturated carbocycles. The van der Waals surface area contributed by atoms with E-state index in [2.05, 4.69) is 10.2 Å². The highest BCUT2D eigenvalue weighted by molar-refractivity contribution is 8.13. The van der Waals surface area contributed by atoms with E-state index in [0.29, 0.717) is 10.9 Å². The zero-order chi connectivity index (χ0) is 21.3. The molecule has 4 nitrogen and oxygen atoms in total. The molecule has 3 aromatic rings. The third kappa shape index (κ3) is 6.12. The first-order chi connectivity index (χ1) is 14.5. The molecule has 0 bridgehead atoms. The lowest BCUT2D eigenvalue weighted by Crippen LogP contribution is -2.06. The summed E-state index contributed by atoms with van der Waals surface area (Å²) < 4.78 is 45.0. The van der Waals surface area contributed by atoms with Crippen LogP contribution < -0.4 is 10.5 Å². The van der Waals surface area contributed by atoms with Gasteiger partial charge in [-0.25, -0.2) is 8.78 Å². The number of hydrogen-bond acceptors (Lipinski definition) is 4. The van der Waals surface area contributed by atoms with Gasteiger partial charge in [0.1, 0.15) is 6.61 Å². The highest BCUT2D eigenvalue weighted by Crippen LogP contribution is 2.22. The first-order valence-electron chi connectivity index (χ1n) is 8.91. The highest BCUT2D eigenvalue weighted by Gasteiger charge is 2.14. The molecule has 8 heteroatoms. The molecule has 154 valence electrons. The van der Waals surface area contributed by atoms with Gasteiger partial charge in [0.2, 0.25) is 5.82 Å². The van der Waals surface area contributed by atoms with Crippen molar-refractivity contribution in [2.24, 2.45) is 15.9 Å². The molecule has 0 heterocycles. The van der Waals surface area contributed by atoms with Crippen LogP contribution in [-0.2, 0) is 12.4 Å². The van der Waals surface area contributed by atoms with Crippen LogP contribution in [0.5, 0.6) is 5.75 Å². The molecule has 0 spiro atoms. The zero-order valence-electron chi connectivity index (χ0n) is 15.8. The molecule has 0 radical (unpaired) electrons. The van der Waals surface area contributed by atoms with Gasteiger partial charge in [0.15, 0.2) is 22.6 Å². The SMILES string of the molecule is NC(=NN=Cc1ccc(COc2ccc(F)c(F)c2F)cc1)SCc1ccccc1. The summed E-state index contributed by atoms with van der Waals surface area (Å²) in [6.07, 6.45) is 1.55. The minimum atomic E-state index is -1.55. The van der Waals surface area contributed by atoms with Crippen molar-refractivity contribution in [1.82, 2.24) is 0 Å². The number of halogens is 3. The Labute approximate surface area is 176 Å². The lowest BCUT2D eigenvalue weighted by atomic mass is 10.1. The average molecular weight is 429 g/mol. The Hall–Kier alpha value is -3.26. The number of benzene rings is 3. The number of ether oxygens (including phenoxy) is 1. The molecule has 3 aromatic carbocycles. The second kappa shape index (κ2) is 10.5. The first-order valence-corrected chi connectivity index (χ1v) is 9.90. The normalized spacial score (nSPS) is 11.8. The number of thioether (sulfide) groups is 1. The van der Waals surface area contributed by atoms with Crippen LogP contribution in [0, 0.1) is 17.5 Å². The number of amidine groups is 1. The van der Waals surface area contributed by atoms with E-state index in [1.54, 1.807) is 30.5 Å². The van der Waals surface area contributed by atoms with Crippen LogP contribution in [0.25, 0.3) is 0 Å². The molecule has 0 aromatic heterocycles. The van der Waals surface area contributed by atoms with Crippen molar-refractivity contribution in [3.8, 4) is 5.75 Å². The Morgan fingerprint density at radius 2 is 1.63 bits per heavy atom. The van der Waals surface area contributed by atoms with Crippen molar-refractivity contribution in [1.29, 1.82) is 0 Å². The van der Waals surface area contributed by atoms with Gasteiger partial charge in [-0.1, -0.05) is 66.4 Å². The number of nitrogens with two attached hydrogens (primary N) is 1. The lowest BCUT2D eigenvalue weighted by Gasteiger charge is -2.08. The Morgan fingerprint density at radius 1 is 0.900 bits per heavy atom. The maximum absolute atomic E-state index is 13.6. The minimum Gasteiger partial charge on any atom is -0.486 e. The van der Waals surface area contributed by atoms with Crippen molar-refractivity contribution in [2.75, 3.05) is 0 Å². The summed E-state index contributed by atoms with van der Waals surface area (Å²) in [5.74, 6) is -3.80. The topological polar surface area (TPSA) is 60.0 Å². The molecule has 0 saturated heterocycles. The quantitative estimate of drug-likeness (QED) is 0.241. The summed E-state index contributed by atoms with van der Waals surface area (Å²) in [5.41, 5.74) is 8.48. The van der Waals surface area contributed by atoms with Crippen LogP contribution in [0.15, 0.2) is 76.9 Å². The maximum Gasteiger partial charge on any atom is 0.203 e. The number of rotatable bonds is 7. The molecule has 2 N–H and O–H groups in total. The monoisotopic (exact) mass is 429 g/mol. The Morgan fingerprint density at radius 3 is 2.37 bits per heavy atom. The second-order valence-electron chi connectivity index (χ2n) is 6.16. The van der Waals surface area contributed by atoms with Crippen molar-refractivity contribution in [3.05, 3.63) is 101 Å². The van der Waals surface area contributed by atoms with Gasteiger partial charge in [-0.2, -0.15) is 9.49 Å². The molecule has 0 fully saturated rings. The Balaban J connectivity index is 1.51. The summed E-state index contributed by atoms with van der Waals surface area (Å²) in [6, 6.07) is 18.8. The van der Waals surface area contributed by atoms with Crippen molar-refractivity contribution in [2.45, 2.75) is 12.4 Å². The van der Waals surface area contributed by atoms with Gasteiger partial charge < -0.3 is 10.5 Å².